The first kappa shape index (κ1) is 16.7. The van der Waals surface area contributed by atoms with Crippen LogP contribution in [-0.4, -0.2) is 15.2 Å². The second-order valence-corrected chi connectivity index (χ2v) is 5.99. The molecule has 2 heterocycles. The Morgan fingerprint density at radius 3 is 2.56 bits per heavy atom. The zero-order chi connectivity index (χ0) is 18.6. The van der Waals surface area contributed by atoms with Gasteiger partial charge in [0, 0.05) is 12.6 Å². The van der Waals surface area contributed by atoms with Crippen LogP contribution in [-0.2, 0) is 6.42 Å². The number of hydrogen-bond acceptors (Lipinski definition) is 5. The number of pyridine rings is 1. The summed E-state index contributed by atoms with van der Waals surface area (Å²) in [7, 11) is 0. The summed E-state index contributed by atoms with van der Waals surface area (Å²) in [5, 5.41) is 12.4. The van der Waals surface area contributed by atoms with E-state index in [1.807, 2.05) is 54.6 Å². The lowest BCUT2D eigenvalue weighted by Gasteiger charge is -2.11. The van der Waals surface area contributed by atoms with Gasteiger partial charge in [-0.3, -0.25) is 4.79 Å². The van der Waals surface area contributed by atoms with Gasteiger partial charge in [0.15, 0.2) is 11.5 Å². The summed E-state index contributed by atoms with van der Waals surface area (Å²) in [6.45, 7) is 0. The van der Waals surface area contributed by atoms with Crippen molar-refractivity contribution in [2.45, 2.75) is 6.42 Å². The molecular weight excluding hydrogens is 344 g/mol. The predicted molar refractivity (Wildman–Crippen MR) is 100.0 cm³/mol. The molecule has 27 heavy (non-hydrogen) atoms. The first-order valence-electron chi connectivity index (χ1n) is 8.36. The maximum absolute atomic E-state index is 11.2. The van der Waals surface area contributed by atoms with Gasteiger partial charge in [0.25, 0.3) is 5.56 Å². The van der Waals surface area contributed by atoms with E-state index in [4.69, 9.17) is 9.26 Å². The predicted octanol–water partition coefficient (Wildman–Crippen LogP) is 4.12. The molecule has 0 atom stereocenters. The van der Waals surface area contributed by atoms with Crippen LogP contribution in [0.15, 0.2) is 82.2 Å². The molecule has 2 aromatic heterocycles. The molecule has 0 aliphatic carbocycles. The van der Waals surface area contributed by atoms with Gasteiger partial charge < -0.3 is 14.4 Å². The number of hydrogen-bond donors (Lipinski definition) is 2. The standard InChI is InChI=1S/C21H16N2O4/c24-17-11-14(13-22-21(17)19-12-20(25)23-27-19)10-15-6-4-5-9-18(15)26-16-7-2-1-3-8-16/h1-9,11-13,24H,10H2,(H,23,25). The molecule has 0 saturated heterocycles. The molecule has 2 aromatic carbocycles. The van der Waals surface area contributed by atoms with E-state index >= 15 is 0 Å². The number of para-hydroxylation sites is 2. The van der Waals surface area contributed by atoms with Crippen LogP contribution in [0.1, 0.15) is 11.1 Å². The second-order valence-electron chi connectivity index (χ2n) is 5.99. The number of aromatic nitrogens is 2. The number of aromatic hydroxyl groups is 1. The van der Waals surface area contributed by atoms with Crippen LogP contribution < -0.4 is 10.3 Å². The van der Waals surface area contributed by atoms with E-state index in [0.29, 0.717) is 6.42 Å². The number of aromatic amines is 1. The molecule has 4 aromatic rings. The highest BCUT2D eigenvalue weighted by Gasteiger charge is 2.13. The maximum atomic E-state index is 11.2. The van der Waals surface area contributed by atoms with E-state index < -0.39 is 0 Å². The summed E-state index contributed by atoms with van der Waals surface area (Å²) >= 11 is 0. The lowest BCUT2D eigenvalue weighted by atomic mass is 10.0. The Balaban J connectivity index is 1.59. The summed E-state index contributed by atoms with van der Waals surface area (Å²) in [4.78, 5) is 15.4. The fourth-order valence-electron chi connectivity index (χ4n) is 2.77. The van der Waals surface area contributed by atoms with Gasteiger partial charge in [-0.05, 0) is 35.4 Å². The Hall–Kier alpha value is -3.80. The van der Waals surface area contributed by atoms with Gasteiger partial charge in [-0.15, -0.1) is 0 Å². The van der Waals surface area contributed by atoms with Gasteiger partial charge in [-0.1, -0.05) is 36.4 Å². The molecule has 0 unspecified atom stereocenters. The van der Waals surface area contributed by atoms with Crippen LogP contribution in [0.4, 0.5) is 0 Å². The first-order valence-corrected chi connectivity index (χ1v) is 8.36. The molecule has 0 aliphatic rings. The molecule has 4 rings (SSSR count). The van der Waals surface area contributed by atoms with Crippen molar-refractivity contribution in [1.82, 2.24) is 10.1 Å². The van der Waals surface area contributed by atoms with Crippen LogP contribution in [0.5, 0.6) is 17.2 Å². The minimum absolute atomic E-state index is 0.0586. The second kappa shape index (κ2) is 7.21. The van der Waals surface area contributed by atoms with Crippen molar-refractivity contribution < 1.29 is 14.4 Å². The number of benzene rings is 2. The van der Waals surface area contributed by atoms with E-state index in [9.17, 15) is 9.90 Å². The van der Waals surface area contributed by atoms with Crippen molar-refractivity contribution in [3.8, 4) is 28.7 Å². The average Bonchev–Trinajstić information content (AvgIpc) is 3.10. The van der Waals surface area contributed by atoms with E-state index in [-0.39, 0.29) is 22.8 Å². The molecule has 6 heteroatoms. The van der Waals surface area contributed by atoms with Crippen LogP contribution in [0.25, 0.3) is 11.5 Å². The molecule has 2 N–H and O–H groups in total. The van der Waals surface area contributed by atoms with Gasteiger partial charge in [0.1, 0.15) is 17.2 Å². The molecule has 0 radical (unpaired) electrons. The molecule has 6 nitrogen and oxygen atoms in total. The van der Waals surface area contributed by atoms with Crippen molar-refractivity contribution in [3.05, 3.63) is 94.4 Å². The minimum atomic E-state index is -0.387. The summed E-state index contributed by atoms with van der Waals surface area (Å²) in [5.41, 5.74) is 1.59. The van der Waals surface area contributed by atoms with Gasteiger partial charge in [0.2, 0.25) is 0 Å². The highest BCUT2D eigenvalue weighted by atomic mass is 16.5. The summed E-state index contributed by atoms with van der Waals surface area (Å²) in [6.07, 6.45) is 2.17. The molecule has 0 fully saturated rings. The average molecular weight is 360 g/mol. The number of H-pyrrole nitrogens is 1. The van der Waals surface area contributed by atoms with Crippen molar-refractivity contribution in [2.75, 3.05) is 0 Å². The Morgan fingerprint density at radius 1 is 1.04 bits per heavy atom. The molecule has 0 spiro atoms. The zero-order valence-electron chi connectivity index (χ0n) is 14.3. The third-order valence-electron chi connectivity index (χ3n) is 4.02. The number of ether oxygens (including phenoxy) is 1. The highest BCUT2D eigenvalue weighted by Crippen LogP contribution is 2.30. The smallest absolute Gasteiger partial charge is 0.280 e. The van der Waals surface area contributed by atoms with Crippen LogP contribution in [0.2, 0.25) is 0 Å². The number of nitrogens with zero attached hydrogens (tertiary/aromatic N) is 1. The Bertz CT molecular complexity index is 1120. The SMILES string of the molecule is O=c1cc(-c2ncc(Cc3ccccc3Oc3ccccc3)cc2O)o[nH]1. The molecule has 0 bridgehead atoms. The number of rotatable bonds is 5. The molecule has 0 aliphatic heterocycles. The minimum Gasteiger partial charge on any atom is -0.506 e. The Kier molecular flexibility index (Phi) is 4.45. The van der Waals surface area contributed by atoms with Gasteiger partial charge in [-0.2, -0.15) is 5.16 Å². The van der Waals surface area contributed by atoms with Gasteiger partial charge in [-0.25, -0.2) is 4.98 Å². The van der Waals surface area contributed by atoms with Crippen molar-refractivity contribution in [1.29, 1.82) is 0 Å². The lowest BCUT2D eigenvalue weighted by molar-refractivity contribution is 0.418. The van der Waals surface area contributed by atoms with Crippen LogP contribution >= 0.6 is 0 Å². The monoisotopic (exact) mass is 360 g/mol. The zero-order valence-corrected chi connectivity index (χ0v) is 14.3. The summed E-state index contributed by atoms with van der Waals surface area (Å²) in [6, 6.07) is 20.1. The first-order chi connectivity index (χ1) is 13.2. The van der Waals surface area contributed by atoms with Crippen LogP contribution in [0.3, 0.4) is 0 Å². The third-order valence-corrected chi connectivity index (χ3v) is 4.02. The molecule has 0 saturated carbocycles. The third kappa shape index (κ3) is 3.74. The normalized spacial score (nSPS) is 10.7. The Morgan fingerprint density at radius 2 is 1.81 bits per heavy atom. The molecular formula is C21H16N2O4. The van der Waals surface area contributed by atoms with E-state index in [0.717, 1.165) is 22.6 Å². The van der Waals surface area contributed by atoms with Gasteiger partial charge >= 0.3 is 0 Å². The highest BCUT2D eigenvalue weighted by molar-refractivity contribution is 5.60. The maximum Gasteiger partial charge on any atom is 0.280 e. The molecule has 134 valence electrons. The number of nitrogens with one attached hydrogen (secondary N) is 1. The van der Waals surface area contributed by atoms with E-state index in [1.165, 1.54) is 6.07 Å². The van der Waals surface area contributed by atoms with E-state index in [1.54, 1.807) is 12.3 Å². The van der Waals surface area contributed by atoms with Crippen molar-refractivity contribution in [2.24, 2.45) is 0 Å². The van der Waals surface area contributed by atoms with Crippen LogP contribution in [0, 0.1) is 0 Å². The Labute approximate surface area is 154 Å². The van der Waals surface area contributed by atoms with Crippen molar-refractivity contribution >= 4 is 0 Å². The quantitative estimate of drug-likeness (QED) is 0.559. The van der Waals surface area contributed by atoms with E-state index in [2.05, 4.69) is 10.1 Å². The van der Waals surface area contributed by atoms with Gasteiger partial charge in [0.05, 0.1) is 6.07 Å². The largest absolute Gasteiger partial charge is 0.506 e. The van der Waals surface area contributed by atoms with Crippen molar-refractivity contribution in [3.63, 3.8) is 0 Å². The lowest BCUT2D eigenvalue weighted by Crippen LogP contribution is -1.95. The fourth-order valence-corrected chi connectivity index (χ4v) is 2.77. The topological polar surface area (TPSA) is 88.3 Å². The summed E-state index contributed by atoms with van der Waals surface area (Å²) < 4.78 is 11.0. The summed E-state index contributed by atoms with van der Waals surface area (Å²) in [5.74, 6) is 1.63. The molecule has 0 amide bonds. The fraction of sp³-hybridized carbons (Fsp3) is 0.0476.